The highest BCUT2D eigenvalue weighted by atomic mass is 16.4. The highest BCUT2D eigenvalue weighted by Gasteiger charge is 2.17. The second-order valence-corrected chi connectivity index (χ2v) is 6.37. The summed E-state index contributed by atoms with van der Waals surface area (Å²) < 4.78 is 0. The Labute approximate surface area is 144 Å². The molecule has 3 rings (SSSR count). The zero-order valence-electron chi connectivity index (χ0n) is 14.0. The molecule has 0 aliphatic heterocycles. The number of pyridine rings is 1. The van der Waals surface area contributed by atoms with Crippen LogP contribution in [-0.2, 0) is 12.8 Å². The first-order valence-electron chi connectivity index (χ1n) is 8.36. The Bertz CT molecular complexity index is 899. The zero-order valence-corrected chi connectivity index (χ0v) is 14.0. The summed E-state index contributed by atoms with van der Waals surface area (Å²) >= 11 is 0. The lowest BCUT2D eigenvalue weighted by atomic mass is 10.1. The van der Waals surface area contributed by atoms with Crippen LogP contribution in [0.2, 0.25) is 0 Å². The van der Waals surface area contributed by atoms with E-state index in [-0.39, 0.29) is 11.1 Å². The number of anilines is 1. The molecule has 1 aromatic heterocycles. The fourth-order valence-electron chi connectivity index (χ4n) is 3.10. The Balaban J connectivity index is 1.92. The topological polar surface area (TPSA) is 99.3 Å². The number of nitrogens with one attached hydrogen (secondary N) is 2. The van der Waals surface area contributed by atoms with Gasteiger partial charge in [-0.05, 0) is 61.9 Å². The SMILES string of the molecule is Cc1ccc(C(=O)O)cc1NC(=O)c1cc2c([nH]c1=O)CCCCC2. The minimum atomic E-state index is -1.07. The number of benzene rings is 1. The Morgan fingerprint density at radius 2 is 1.88 bits per heavy atom. The van der Waals surface area contributed by atoms with Crippen LogP contribution in [-0.4, -0.2) is 22.0 Å². The fraction of sp³-hybridized carbons (Fsp3) is 0.316. The normalized spacial score (nSPS) is 13.6. The third kappa shape index (κ3) is 3.63. The number of hydrogen-bond donors (Lipinski definition) is 3. The number of H-pyrrole nitrogens is 1. The highest BCUT2D eigenvalue weighted by Crippen LogP contribution is 2.20. The second-order valence-electron chi connectivity index (χ2n) is 6.37. The first-order chi connectivity index (χ1) is 12.0. The number of aromatic carboxylic acids is 1. The van der Waals surface area contributed by atoms with Gasteiger partial charge < -0.3 is 15.4 Å². The van der Waals surface area contributed by atoms with Gasteiger partial charge in [0.1, 0.15) is 5.56 Å². The third-order valence-corrected chi connectivity index (χ3v) is 4.57. The fourth-order valence-corrected chi connectivity index (χ4v) is 3.10. The summed E-state index contributed by atoms with van der Waals surface area (Å²) in [5, 5.41) is 11.7. The predicted molar refractivity (Wildman–Crippen MR) is 94.4 cm³/mol. The van der Waals surface area contributed by atoms with E-state index >= 15 is 0 Å². The maximum absolute atomic E-state index is 12.6. The summed E-state index contributed by atoms with van der Waals surface area (Å²) in [4.78, 5) is 38.8. The number of fused-ring (bicyclic) bond motifs is 1. The lowest BCUT2D eigenvalue weighted by Crippen LogP contribution is -2.25. The maximum Gasteiger partial charge on any atom is 0.335 e. The van der Waals surface area contributed by atoms with Crippen molar-refractivity contribution < 1.29 is 14.7 Å². The molecule has 0 atom stereocenters. The molecule has 0 saturated heterocycles. The standard InChI is InChI=1S/C19H20N2O4/c1-11-7-8-13(19(24)25)10-16(11)21-18(23)14-9-12-5-3-2-4-6-15(12)20-17(14)22/h7-10H,2-6H2,1H3,(H,20,22)(H,21,23)(H,24,25). The van der Waals surface area contributed by atoms with Crippen LogP contribution in [0, 0.1) is 6.92 Å². The van der Waals surface area contributed by atoms with Crippen molar-refractivity contribution in [3.8, 4) is 0 Å². The molecule has 1 aliphatic carbocycles. The van der Waals surface area contributed by atoms with Crippen LogP contribution in [0.3, 0.4) is 0 Å². The summed E-state index contributed by atoms with van der Waals surface area (Å²) in [6.07, 6.45) is 4.86. The van der Waals surface area contributed by atoms with E-state index in [2.05, 4.69) is 10.3 Å². The quantitative estimate of drug-likeness (QED) is 0.748. The predicted octanol–water partition coefficient (Wildman–Crippen LogP) is 2.90. The number of carbonyl (C=O) groups excluding carboxylic acids is 1. The lowest BCUT2D eigenvalue weighted by molar-refractivity contribution is 0.0696. The van der Waals surface area contributed by atoms with E-state index in [1.807, 2.05) is 0 Å². The van der Waals surface area contributed by atoms with E-state index in [1.165, 1.54) is 12.1 Å². The summed E-state index contributed by atoms with van der Waals surface area (Å²) in [5.74, 6) is -1.60. The molecule has 2 aromatic rings. The van der Waals surface area contributed by atoms with Crippen molar-refractivity contribution >= 4 is 17.6 Å². The molecule has 0 unspecified atom stereocenters. The molecule has 0 fully saturated rings. The molecule has 0 spiro atoms. The van der Waals surface area contributed by atoms with Crippen LogP contribution in [0.25, 0.3) is 0 Å². The van der Waals surface area contributed by atoms with Crippen molar-refractivity contribution in [3.05, 3.63) is 62.6 Å². The van der Waals surface area contributed by atoms with Gasteiger partial charge in [-0.15, -0.1) is 0 Å². The Hall–Kier alpha value is -2.89. The number of carbonyl (C=O) groups is 2. The van der Waals surface area contributed by atoms with Crippen molar-refractivity contribution in [2.45, 2.75) is 39.0 Å². The van der Waals surface area contributed by atoms with Gasteiger partial charge in [-0.1, -0.05) is 12.5 Å². The van der Waals surface area contributed by atoms with Gasteiger partial charge in [0.15, 0.2) is 0 Å². The number of aryl methyl sites for hydroxylation is 3. The number of rotatable bonds is 3. The largest absolute Gasteiger partial charge is 0.478 e. The van der Waals surface area contributed by atoms with E-state index in [9.17, 15) is 14.4 Å². The molecule has 1 aromatic carbocycles. The summed E-state index contributed by atoms with van der Waals surface area (Å²) in [5.41, 5.74) is 2.77. The molecule has 1 amide bonds. The first kappa shape index (κ1) is 17.0. The molecule has 3 N–H and O–H groups in total. The Morgan fingerprint density at radius 3 is 2.64 bits per heavy atom. The number of carboxylic acids is 1. The van der Waals surface area contributed by atoms with Crippen molar-refractivity contribution in [3.63, 3.8) is 0 Å². The smallest absolute Gasteiger partial charge is 0.335 e. The third-order valence-electron chi connectivity index (χ3n) is 4.57. The Kier molecular flexibility index (Phi) is 4.70. The van der Waals surface area contributed by atoms with Gasteiger partial charge in [-0.2, -0.15) is 0 Å². The van der Waals surface area contributed by atoms with Crippen molar-refractivity contribution in [2.24, 2.45) is 0 Å². The van der Waals surface area contributed by atoms with Crippen LogP contribution in [0.15, 0.2) is 29.1 Å². The van der Waals surface area contributed by atoms with Gasteiger partial charge in [-0.25, -0.2) is 4.79 Å². The van der Waals surface area contributed by atoms with Crippen LogP contribution in [0.5, 0.6) is 0 Å². The summed E-state index contributed by atoms with van der Waals surface area (Å²) in [6.45, 7) is 1.77. The van der Waals surface area contributed by atoms with Gasteiger partial charge in [0.2, 0.25) is 0 Å². The van der Waals surface area contributed by atoms with Gasteiger partial charge >= 0.3 is 5.97 Å². The zero-order chi connectivity index (χ0) is 18.0. The van der Waals surface area contributed by atoms with Crippen molar-refractivity contribution in [2.75, 3.05) is 5.32 Å². The van der Waals surface area contributed by atoms with E-state index in [1.54, 1.807) is 19.1 Å². The highest BCUT2D eigenvalue weighted by molar-refractivity contribution is 6.05. The summed E-state index contributed by atoms with van der Waals surface area (Å²) in [7, 11) is 0. The van der Waals surface area contributed by atoms with Crippen molar-refractivity contribution in [1.82, 2.24) is 4.98 Å². The number of hydrogen-bond acceptors (Lipinski definition) is 3. The minimum Gasteiger partial charge on any atom is -0.478 e. The maximum atomic E-state index is 12.6. The number of carboxylic acid groups (broad SMARTS) is 1. The van der Waals surface area contributed by atoms with Gasteiger partial charge in [0.25, 0.3) is 11.5 Å². The van der Waals surface area contributed by atoms with E-state index in [4.69, 9.17) is 5.11 Å². The average Bonchev–Trinajstić information content (AvgIpc) is 2.80. The molecular formula is C19H20N2O4. The molecule has 6 heteroatoms. The van der Waals surface area contributed by atoms with Crippen LogP contribution < -0.4 is 10.9 Å². The number of aromatic amines is 1. The van der Waals surface area contributed by atoms with Crippen LogP contribution in [0.1, 0.15) is 56.8 Å². The van der Waals surface area contributed by atoms with Crippen molar-refractivity contribution in [1.29, 1.82) is 0 Å². The average molecular weight is 340 g/mol. The molecule has 0 radical (unpaired) electrons. The van der Waals surface area contributed by atoms with Crippen LogP contribution in [0.4, 0.5) is 5.69 Å². The van der Waals surface area contributed by atoms with E-state index in [0.717, 1.165) is 48.9 Å². The monoisotopic (exact) mass is 340 g/mol. The minimum absolute atomic E-state index is 0.0563. The lowest BCUT2D eigenvalue weighted by Gasteiger charge is -2.11. The molecule has 0 bridgehead atoms. The second kappa shape index (κ2) is 6.93. The number of aromatic nitrogens is 1. The van der Waals surface area contributed by atoms with Gasteiger partial charge in [0.05, 0.1) is 5.56 Å². The molecule has 0 saturated carbocycles. The van der Waals surface area contributed by atoms with Gasteiger partial charge in [-0.3, -0.25) is 9.59 Å². The van der Waals surface area contributed by atoms with Gasteiger partial charge in [0, 0.05) is 11.4 Å². The molecule has 1 aliphatic rings. The molecule has 1 heterocycles. The first-order valence-corrected chi connectivity index (χ1v) is 8.36. The molecule has 130 valence electrons. The van der Waals surface area contributed by atoms with Crippen LogP contribution >= 0.6 is 0 Å². The number of amides is 1. The molecule has 25 heavy (non-hydrogen) atoms. The van der Waals surface area contributed by atoms with E-state index in [0.29, 0.717) is 5.69 Å². The Morgan fingerprint density at radius 1 is 1.12 bits per heavy atom. The molecular weight excluding hydrogens is 320 g/mol. The summed E-state index contributed by atoms with van der Waals surface area (Å²) in [6, 6.07) is 6.17. The van der Waals surface area contributed by atoms with E-state index < -0.39 is 17.4 Å². The molecule has 6 nitrogen and oxygen atoms in total.